The smallest absolute Gasteiger partial charge is 0.408 e. The number of rotatable bonds is 10. The molecule has 2 N–H and O–H groups in total. The summed E-state index contributed by atoms with van der Waals surface area (Å²) in [6, 6.07) is 21.4. The van der Waals surface area contributed by atoms with Crippen LogP contribution in [0.25, 0.3) is 0 Å². The number of anilines is 1. The molecule has 0 fully saturated rings. The minimum absolute atomic E-state index is 0.0194. The van der Waals surface area contributed by atoms with Gasteiger partial charge >= 0.3 is 12.1 Å². The minimum Gasteiger partial charge on any atom is -0.459 e. The lowest BCUT2D eigenvalue weighted by Crippen LogP contribution is -2.42. The van der Waals surface area contributed by atoms with Gasteiger partial charge in [0, 0.05) is 17.7 Å². The average molecular weight is 479 g/mol. The predicted molar refractivity (Wildman–Crippen MR) is 129 cm³/mol. The highest BCUT2D eigenvalue weighted by Crippen LogP contribution is 2.18. The van der Waals surface area contributed by atoms with Crippen LogP contribution in [0.15, 0.2) is 78.9 Å². The summed E-state index contributed by atoms with van der Waals surface area (Å²) < 4.78 is 24.3. The number of carbonyl (C=O) groups excluding carboxylic acids is 3. The molecule has 0 saturated carbocycles. The fraction of sp³-hybridized carbons (Fsp3) is 0.222. The van der Waals surface area contributed by atoms with Crippen molar-refractivity contribution in [1.82, 2.24) is 5.32 Å². The van der Waals surface area contributed by atoms with E-state index in [1.165, 1.54) is 12.1 Å². The second-order valence-corrected chi connectivity index (χ2v) is 7.85. The molecule has 0 saturated heterocycles. The Hall–Kier alpha value is -4.20. The van der Waals surface area contributed by atoms with Gasteiger partial charge in [-0.3, -0.25) is 4.79 Å². The van der Waals surface area contributed by atoms with Crippen LogP contribution in [0.5, 0.6) is 0 Å². The van der Waals surface area contributed by atoms with E-state index in [-0.39, 0.29) is 26.1 Å². The van der Waals surface area contributed by atoms with Gasteiger partial charge in [-0.2, -0.15) is 0 Å². The quantitative estimate of drug-likeness (QED) is 0.405. The molecule has 1 atom stereocenters. The Morgan fingerprint density at radius 3 is 2.06 bits per heavy atom. The van der Waals surface area contributed by atoms with Crippen molar-refractivity contribution in [2.24, 2.45) is 0 Å². The van der Waals surface area contributed by atoms with Crippen LogP contribution in [0.3, 0.4) is 0 Å². The van der Waals surface area contributed by atoms with E-state index in [1.807, 2.05) is 36.4 Å². The predicted octanol–water partition coefficient (Wildman–Crippen LogP) is 4.89. The zero-order chi connectivity index (χ0) is 25.0. The van der Waals surface area contributed by atoms with Gasteiger partial charge in [0.15, 0.2) is 0 Å². The van der Waals surface area contributed by atoms with E-state index >= 15 is 0 Å². The van der Waals surface area contributed by atoms with Crippen molar-refractivity contribution in [2.75, 3.05) is 5.32 Å². The van der Waals surface area contributed by atoms with Crippen LogP contribution in [0.2, 0.25) is 0 Å². The molecule has 0 aromatic heterocycles. The summed E-state index contributed by atoms with van der Waals surface area (Å²) in [6.07, 6.45) is -0.953. The third-order valence-corrected chi connectivity index (χ3v) is 5.22. The maximum Gasteiger partial charge on any atom is 0.408 e. The second-order valence-electron chi connectivity index (χ2n) is 7.85. The molecule has 8 heteroatoms. The highest BCUT2D eigenvalue weighted by Gasteiger charge is 2.24. The number of ether oxygens (including phenoxy) is 2. The van der Waals surface area contributed by atoms with E-state index in [9.17, 15) is 18.8 Å². The summed E-state index contributed by atoms with van der Waals surface area (Å²) in [5.74, 6) is -1.56. The molecule has 0 aliphatic carbocycles. The van der Waals surface area contributed by atoms with Crippen LogP contribution >= 0.6 is 0 Å². The third kappa shape index (κ3) is 8.26. The number of amides is 2. The van der Waals surface area contributed by atoms with Crippen LogP contribution in [0, 0.1) is 12.7 Å². The number of alkyl carbamates (subject to hydrolysis) is 1. The average Bonchev–Trinajstić information content (AvgIpc) is 2.88. The lowest BCUT2D eigenvalue weighted by atomic mass is 10.1. The Morgan fingerprint density at radius 2 is 1.43 bits per heavy atom. The molecule has 35 heavy (non-hydrogen) atoms. The van der Waals surface area contributed by atoms with Gasteiger partial charge in [0.2, 0.25) is 5.91 Å². The van der Waals surface area contributed by atoms with Gasteiger partial charge < -0.3 is 20.1 Å². The molecular weight excluding hydrogens is 451 g/mol. The first kappa shape index (κ1) is 25.4. The van der Waals surface area contributed by atoms with Gasteiger partial charge in [-0.1, -0.05) is 66.7 Å². The van der Waals surface area contributed by atoms with E-state index in [1.54, 1.807) is 37.3 Å². The molecule has 0 aliphatic heterocycles. The molecule has 0 unspecified atom stereocenters. The van der Waals surface area contributed by atoms with E-state index < -0.39 is 29.8 Å². The van der Waals surface area contributed by atoms with Crippen molar-refractivity contribution in [2.45, 2.75) is 39.0 Å². The van der Waals surface area contributed by atoms with Gasteiger partial charge in [0.25, 0.3) is 0 Å². The standard InChI is InChI=1S/C27H27FN2O5/c1-19-22(28)13-8-14-23(19)29-25(31)16-15-24(26(32)34-17-20-9-4-2-5-10-20)30-27(33)35-18-21-11-6-3-7-12-21/h2-14,24H,15-18H2,1H3,(H,29,31)(H,30,33)/t24-/m0/s1. The number of halogens is 1. The van der Waals surface area contributed by atoms with Gasteiger partial charge in [0.1, 0.15) is 25.1 Å². The number of esters is 1. The normalized spacial score (nSPS) is 11.3. The number of hydrogen-bond donors (Lipinski definition) is 2. The van der Waals surface area contributed by atoms with Crippen LogP contribution in [0.4, 0.5) is 14.9 Å². The highest BCUT2D eigenvalue weighted by molar-refractivity contribution is 5.92. The Bertz CT molecular complexity index is 1140. The minimum atomic E-state index is -1.11. The first-order valence-corrected chi connectivity index (χ1v) is 11.1. The van der Waals surface area contributed by atoms with Crippen LogP contribution < -0.4 is 10.6 Å². The molecule has 2 amide bonds. The molecule has 3 aromatic carbocycles. The van der Waals surface area contributed by atoms with Crippen molar-refractivity contribution >= 4 is 23.7 Å². The van der Waals surface area contributed by atoms with Crippen molar-refractivity contribution in [3.63, 3.8) is 0 Å². The molecule has 3 rings (SSSR count). The fourth-order valence-corrected chi connectivity index (χ4v) is 3.22. The molecule has 0 radical (unpaired) electrons. The topological polar surface area (TPSA) is 93.7 Å². The number of nitrogens with one attached hydrogen (secondary N) is 2. The first-order chi connectivity index (χ1) is 16.9. The zero-order valence-electron chi connectivity index (χ0n) is 19.3. The maximum atomic E-state index is 13.7. The Labute approximate surface area is 203 Å². The fourth-order valence-electron chi connectivity index (χ4n) is 3.22. The zero-order valence-corrected chi connectivity index (χ0v) is 19.3. The number of hydrogen-bond acceptors (Lipinski definition) is 5. The molecule has 0 heterocycles. The summed E-state index contributed by atoms with van der Waals surface area (Å²) in [5, 5.41) is 5.12. The molecule has 0 spiro atoms. The van der Waals surface area contributed by atoms with Crippen molar-refractivity contribution in [3.8, 4) is 0 Å². The Morgan fingerprint density at radius 1 is 0.829 bits per heavy atom. The van der Waals surface area contributed by atoms with Crippen molar-refractivity contribution in [3.05, 3.63) is 101 Å². The van der Waals surface area contributed by atoms with E-state index in [0.29, 0.717) is 11.3 Å². The van der Waals surface area contributed by atoms with E-state index in [0.717, 1.165) is 11.1 Å². The monoisotopic (exact) mass is 478 g/mol. The number of benzene rings is 3. The Balaban J connectivity index is 1.59. The summed E-state index contributed by atoms with van der Waals surface area (Å²) in [5.41, 5.74) is 2.22. The summed E-state index contributed by atoms with van der Waals surface area (Å²) >= 11 is 0. The van der Waals surface area contributed by atoms with Gasteiger partial charge in [-0.15, -0.1) is 0 Å². The van der Waals surface area contributed by atoms with Gasteiger partial charge in [0.05, 0.1) is 0 Å². The SMILES string of the molecule is Cc1c(F)cccc1NC(=O)CC[C@H](NC(=O)OCc1ccccc1)C(=O)OCc1ccccc1. The summed E-state index contributed by atoms with van der Waals surface area (Å²) in [7, 11) is 0. The lowest BCUT2D eigenvalue weighted by molar-refractivity contribution is -0.147. The molecule has 3 aromatic rings. The first-order valence-electron chi connectivity index (χ1n) is 11.1. The van der Waals surface area contributed by atoms with E-state index in [4.69, 9.17) is 9.47 Å². The molecule has 182 valence electrons. The van der Waals surface area contributed by atoms with E-state index in [2.05, 4.69) is 10.6 Å². The summed E-state index contributed by atoms with van der Waals surface area (Å²) in [4.78, 5) is 37.5. The third-order valence-electron chi connectivity index (χ3n) is 5.22. The lowest BCUT2D eigenvalue weighted by Gasteiger charge is -2.18. The molecule has 0 aliphatic rings. The Kier molecular flexibility index (Phi) is 9.36. The summed E-state index contributed by atoms with van der Waals surface area (Å²) in [6.45, 7) is 1.60. The van der Waals surface area contributed by atoms with Crippen molar-refractivity contribution < 1.29 is 28.2 Å². The number of carbonyl (C=O) groups is 3. The van der Waals surface area contributed by atoms with Crippen molar-refractivity contribution in [1.29, 1.82) is 0 Å². The van der Waals surface area contributed by atoms with Crippen LogP contribution in [0.1, 0.15) is 29.5 Å². The molecular formula is C27H27FN2O5. The molecule has 0 bridgehead atoms. The van der Waals surface area contributed by atoms with Gasteiger partial charge in [-0.25, -0.2) is 14.0 Å². The largest absolute Gasteiger partial charge is 0.459 e. The van der Waals surface area contributed by atoms with Gasteiger partial charge in [-0.05, 0) is 36.6 Å². The van der Waals surface area contributed by atoms with Crippen LogP contribution in [-0.2, 0) is 32.3 Å². The van der Waals surface area contributed by atoms with Crippen LogP contribution in [-0.4, -0.2) is 24.0 Å². The highest BCUT2D eigenvalue weighted by atomic mass is 19.1. The molecule has 7 nitrogen and oxygen atoms in total. The second kappa shape index (κ2) is 12.9. The maximum absolute atomic E-state index is 13.7.